The second kappa shape index (κ2) is 8.93. The number of rotatable bonds is 6. The fourth-order valence-electron chi connectivity index (χ4n) is 3.28. The molecule has 1 heterocycles. The molecule has 2 amide bonds. The van der Waals surface area contributed by atoms with Crippen LogP contribution in [0.5, 0.6) is 0 Å². The van der Waals surface area contributed by atoms with Crippen LogP contribution in [0.25, 0.3) is 11.3 Å². The second-order valence-corrected chi connectivity index (χ2v) is 7.63. The minimum absolute atomic E-state index is 0.0889. The smallest absolute Gasteiger partial charge is 0.383 e. The number of alkyl halides is 3. The Hall–Kier alpha value is -3.89. The summed E-state index contributed by atoms with van der Waals surface area (Å²) in [6, 6.07) is 8.59. The Morgan fingerprint density at radius 3 is 2.30 bits per heavy atom. The zero-order valence-corrected chi connectivity index (χ0v) is 17.7. The van der Waals surface area contributed by atoms with E-state index in [1.807, 2.05) is 13.8 Å². The first-order valence-electron chi connectivity index (χ1n) is 9.82. The molecule has 0 saturated heterocycles. The highest BCUT2D eigenvalue weighted by molar-refractivity contribution is 6.03. The molecule has 0 spiro atoms. The lowest BCUT2D eigenvalue weighted by Gasteiger charge is -2.11. The van der Waals surface area contributed by atoms with Crippen LogP contribution in [0.15, 0.2) is 42.5 Å². The summed E-state index contributed by atoms with van der Waals surface area (Å²) in [5.74, 6) is -2.59. The van der Waals surface area contributed by atoms with Crippen molar-refractivity contribution in [1.29, 1.82) is 0 Å². The monoisotopic (exact) mass is 463 g/mol. The average Bonchev–Trinajstić information content (AvgIpc) is 3.07. The van der Waals surface area contributed by atoms with Gasteiger partial charge >= 0.3 is 6.18 Å². The number of nitrogen functional groups attached to an aromatic ring is 1. The molecule has 0 aliphatic rings. The molecule has 3 rings (SSSR count). The van der Waals surface area contributed by atoms with Crippen molar-refractivity contribution in [2.24, 2.45) is 5.73 Å². The van der Waals surface area contributed by atoms with Gasteiger partial charge in [-0.05, 0) is 37.6 Å². The summed E-state index contributed by atoms with van der Waals surface area (Å²) >= 11 is 0. The number of halogens is 4. The summed E-state index contributed by atoms with van der Waals surface area (Å²) < 4.78 is 53.4. The zero-order chi connectivity index (χ0) is 24.5. The van der Waals surface area contributed by atoms with Crippen molar-refractivity contribution < 1.29 is 27.2 Å². The van der Waals surface area contributed by atoms with Gasteiger partial charge in [0.15, 0.2) is 0 Å². The highest BCUT2D eigenvalue weighted by Gasteiger charge is 2.34. The van der Waals surface area contributed by atoms with Crippen LogP contribution in [0, 0.1) is 5.82 Å². The SMILES string of the molecule is CC(C)n1nc(-c2ccc(CC(=O)Nc3ccc(F)c(C(F)(F)F)c3)cc2)c(C(N)=O)c1N. The molecular weight excluding hydrogens is 442 g/mol. The Bertz CT molecular complexity index is 1200. The number of nitrogens with two attached hydrogens (primary N) is 2. The number of primary amides is 1. The number of benzene rings is 2. The van der Waals surface area contributed by atoms with Crippen LogP contribution in [0.3, 0.4) is 0 Å². The van der Waals surface area contributed by atoms with Crippen molar-refractivity contribution in [1.82, 2.24) is 9.78 Å². The molecule has 0 atom stereocenters. The van der Waals surface area contributed by atoms with Crippen LogP contribution < -0.4 is 16.8 Å². The van der Waals surface area contributed by atoms with E-state index in [9.17, 15) is 27.2 Å². The van der Waals surface area contributed by atoms with E-state index in [-0.39, 0.29) is 29.5 Å². The molecular formula is C22H21F4N5O2. The highest BCUT2D eigenvalue weighted by atomic mass is 19.4. The first kappa shape index (κ1) is 23.8. The Kier molecular flexibility index (Phi) is 6.43. The Labute approximate surface area is 186 Å². The Morgan fingerprint density at radius 1 is 1.12 bits per heavy atom. The molecule has 0 fully saturated rings. The fourth-order valence-corrected chi connectivity index (χ4v) is 3.28. The number of nitrogens with one attached hydrogen (secondary N) is 1. The lowest BCUT2D eigenvalue weighted by molar-refractivity contribution is -0.140. The van der Waals surface area contributed by atoms with Crippen molar-refractivity contribution in [3.8, 4) is 11.3 Å². The summed E-state index contributed by atoms with van der Waals surface area (Å²) in [6.45, 7) is 3.69. The number of anilines is 2. The number of nitrogens with zero attached hydrogens (tertiary/aromatic N) is 2. The molecule has 3 aromatic rings. The maximum absolute atomic E-state index is 13.4. The maximum Gasteiger partial charge on any atom is 0.419 e. The first-order valence-corrected chi connectivity index (χ1v) is 9.82. The fraction of sp³-hybridized carbons (Fsp3) is 0.227. The van der Waals surface area contributed by atoms with E-state index >= 15 is 0 Å². The predicted molar refractivity (Wildman–Crippen MR) is 115 cm³/mol. The topological polar surface area (TPSA) is 116 Å². The number of hydrogen-bond donors (Lipinski definition) is 3. The van der Waals surface area contributed by atoms with Gasteiger partial charge in [-0.3, -0.25) is 9.59 Å². The molecule has 0 saturated carbocycles. The number of aromatic nitrogens is 2. The van der Waals surface area contributed by atoms with E-state index < -0.39 is 29.4 Å². The van der Waals surface area contributed by atoms with Crippen molar-refractivity contribution in [3.05, 3.63) is 65.0 Å². The summed E-state index contributed by atoms with van der Waals surface area (Å²) in [5, 5.41) is 6.70. The van der Waals surface area contributed by atoms with Crippen molar-refractivity contribution in [2.75, 3.05) is 11.1 Å². The number of carbonyl (C=O) groups excluding carboxylic acids is 2. The normalized spacial score (nSPS) is 11.6. The van der Waals surface area contributed by atoms with Gasteiger partial charge in [-0.1, -0.05) is 24.3 Å². The first-order chi connectivity index (χ1) is 15.4. The van der Waals surface area contributed by atoms with Gasteiger partial charge in [-0.15, -0.1) is 0 Å². The second-order valence-electron chi connectivity index (χ2n) is 7.63. The third kappa shape index (κ3) is 5.13. The zero-order valence-electron chi connectivity index (χ0n) is 17.7. The quantitative estimate of drug-likeness (QED) is 0.476. The molecule has 0 aliphatic heterocycles. The van der Waals surface area contributed by atoms with Crippen LogP contribution in [-0.4, -0.2) is 21.6 Å². The molecule has 0 bridgehead atoms. The molecule has 0 aliphatic carbocycles. The summed E-state index contributed by atoms with van der Waals surface area (Å²) in [6.07, 6.45) is -5.03. The molecule has 174 valence electrons. The third-order valence-corrected chi connectivity index (χ3v) is 4.83. The lowest BCUT2D eigenvalue weighted by Crippen LogP contribution is -2.16. The standard InChI is InChI=1S/C22H21F4N5O2/c1-11(2)31-20(27)18(21(28)33)19(30-31)13-5-3-12(4-6-13)9-17(32)29-14-7-8-16(23)15(10-14)22(24,25)26/h3-8,10-11H,9,27H2,1-2H3,(H2,28,33)(H,29,32). The lowest BCUT2D eigenvalue weighted by atomic mass is 10.0. The maximum atomic E-state index is 13.4. The molecule has 1 aromatic heterocycles. The predicted octanol–water partition coefficient (Wildman–Crippen LogP) is 4.15. The van der Waals surface area contributed by atoms with Crippen LogP contribution in [-0.2, 0) is 17.4 Å². The van der Waals surface area contributed by atoms with Gasteiger partial charge in [0, 0.05) is 17.3 Å². The van der Waals surface area contributed by atoms with Gasteiger partial charge in [0.1, 0.15) is 22.9 Å². The Balaban J connectivity index is 1.78. The number of carbonyl (C=O) groups is 2. The molecule has 0 radical (unpaired) electrons. The molecule has 0 unspecified atom stereocenters. The molecule has 33 heavy (non-hydrogen) atoms. The largest absolute Gasteiger partial charge is 0.419 e. The van der Waals surface area contributed by atoms with Crippen LogP contribution in [0.2, 0.25) is 0 Å². The van der Waals surface area contributed by atoms with Crippen molar-refractivity contribution in [2.45, 2.75) is 32.5 Å². The van der Waals surface area contributed by atoms with Crippen molar-refractivity contribution in [3.63, 3.8) is 0 Å². The van der Waals surface area contributed by atoms with Gasteiger partial charge in [-0.25, -0.2) is 9.07 Å². The minimum Gasteiger partial charge on any atom is -0.383 e. The van der Waals surface area contributed by atoms with Gasteiger partial charge in [0.2, 0.25) is 5.91 Å². The van der Waals surface area contributed by atoms with E-state index in [2.05, 4.69) is 10.4 Å². The van der Waals surface area contributed by atoms with E-state index in [0.717, 1.165) is 6.07 Å². The summed E-state index contributed by atoms with van der Waals surface area (Å²) in [7, 11) is 0. The van der Waals surface area contributed by atoms with E-state index in [1.165, 1.54) is 4.68 Å². The molecule has 7 nitrogen and oxygen atoms in total. The van der Waals surface area contributed by atoms with Gasteiger partial charge in [0.05, 0.1) is 12.0 Å². The van der Waals surface area contributed by atoms with Crippen LogP contribution in [0.4, 0.5) is 29.1 Å². The number of amides is 2. The third-order valence-electron chi connectivity index (χ3n) is 4.83. The summed E-state index contributed by atoms with van der Waals surface area (Å²) in [4.78, 5) is 24.2. The molecule has 11 heteroatoms. The van der Waals surface area contributed by atoms with Crippen LogP contribution in [0.1, 0.15) is 41.4 Å². The van der Waals surface area contributed by atoms with E-state index in [4.69, 9.17) is 11.5 Å². The Morgan fingerprint density at radius 2 is 1.76 bits per heavy atom. The molecule has 2 aromatic carbocycles. The molecule has 5 N–H and O–H groups in total. The summed E-state index contributed by atoms with van der Waals surface area (Å²) in [5.41, 5.74) is 11.3. The van der Waals surface area contributed by atoms with Gasteiger partial charge in [-0.2, -0.15) is 18.3 Å². The average molecular weight is 463 g/mol. The van der Waals surface area contributed by atoms with E-state index in [1.54, 1.807) is 24.3 Å². The van der Waals surface area contributed by atoms with Crippen molar-refractivity contribution >= 4 is 23.3 Å². The van der Waals surface area contributed by atoms with Gasteiger partial charge in [0.25, 0.3) is 5.91 Å². The minimum atomic E-state index is -4.88. The van der Waals surface area contributed by atoms with E-state index in [0.29, 0.717) is 29.0 Å². The number of hydrogen-bond acceptors (Lipinski definition) is 4. The highest BCUT2D eigenvalue weighted by Crippen LogP contribution is 2.33. The van der Waals surface area contributed by atoms with Crippen LogP contribution >= 0.6 is 0 Å². The van der Waals surface area contributed by atoms with Gasteiger partial charge < -0.3 is 16.8 Å².